The lowest BCUT2D eigenvalue weighted by Gasteiger charge is -2.00. The molecule has 1 aromatic carbocycles. The van der Waals surface area contributed by atoms with Crippen molar-refractivity contribution in [3.63, 3.8) is 0 Å². The Morgan fingerprint density at radius 1 is 1.32 bits per heavy atom. The minimum atomic E-state index is -0.123. The summed E-state index contributed by atoms with van der Waals surface area (Å²) in [4.78, 5) is 25.1. The Balaban J connectivity index is 1.37. The van der Waals surface area contributed by atoms with Gasteiger partial charge in [-0.1, -0.05) is 12.1 Å². The molecule has 0 aliphatic heterocycles. The Hall–Kier alpha value is -2.93. The molecular weight excluding hydrogens is 336 g/mol. The average molecular weight is 352 g/mol. The van der Waals surface area contributed by atoms with E-state index in [2.05, 4.69) is 20.3 Å². The second-order valence-corrected chi connectivity index (χ2v) is 6.73. The van der Waals surface area contributed by atoms with E-state index in [4.69, 9.17) is 4.42 Å². The molecule has 6 nitrogen and oxygen atoms in total. The van der Waals surface area contributed by atoms with Gasteiger partial charge in [-0.05, 0) is 36.1 Å². The van der Waals surface area contributed by atoms with Gasteiger partial charge in [0.25, 0.3) is 0 Å². The molecule has 0 saturated carbocycles. The summed E-state index contributed by atoms with van der Waals surface area (Å²) in [5.41, 5.74) is 3.65. The lowest BCUT2D eigenvalue weighted by Crippen LogP contribution is -2.25. The van der Waals surface area contributed by atoms with Gasteiger partial charge in [0.1, 0.15) is 12.1 Å². The van der Waals surface area contributed by atoms with Crippen LogP contribution in [0.15, 0.2) is 46.4 Å². The van der Waals surface area contributed by atoms with Crippen LogP contribution in [0.3, 0.4) is 0 Å². The number of aromatic amines is 1. The number of carbonyl (C=O) groups excluding carboxylic acids is 1. The molecule has 25 heavy (non-hydrogen) atoms. The second-order valence-electron chi connectivity index (χ2n) is 5.78. The molecule has 3 aromatic heterocycles. The lowest BCUT2D eigenvalue weighted by atomic mass is 10.2. The van der Waals surface area contributed by atoms with Gasteiger partial charge in [-0.15, -0.1) is 11.3 Å². The molecule has 0 spiro atoms. The third kappa shape index (κ3) is 3.46. The van der Waals surface area contributed by atoms with Gasteiger partial charge in [0, 0.05) is 0 Å². The van der Waals surface area contributed by atoms with Crippen LogP contribution in [0.1, 0.15) is 17.1 Å². The molecule has 0 unspecified atom stereocenters. The maximum atomic E-state index is 12.1. The highest BCUT2D eigenvalue weighted by Crippen LogP contribution is 2.23. The normalized spacial score (nSPS) is 11.1. The highest BCUT2D eigenvalue weighted by atomic mass is 32.1. The Kier molecular flexibility index (Phi) is 4.07. The van der Waals surface area contributed by atoms with Crippen LogP contribution in [0.25, 0.3) is 21.8 Å². The van der Waals surface area contributed by atoms with Crippen LogP contribution < -0.4 is 5.32 Å². The molecule has 4 aromatic rings. The molecule has 0 saturated heterocycles. The van der Waals surface area contributed by atoms with Crippen molar-refractivity contribution in [2.75, 3.05) is 0 Å². The maximum absolute atomic E-state index is 12.1. The number of fused-ring (bicyclic) bond motifs is 1. The Labute approximate surface area is 147 Å². The minimum absolute atomic E-state index is 0.123. The van der Waals surface area contributed by atoms with Gasteiger partial charge in [-0.2, -0.15) is 0 Å². The monoisotopic (exact) mass is 352 g/mol. The van der Waals surface area contributed by atoms with Crippen molar-refractivity contribution in [3.8, 4) is 10.8 Å². The van der Waals surface area contributed by atoms with Gasteiger partial charge in [0.2, 0.25) is 11.8 Å². The number of nitrogens with one attached hydrogen (secondary N) is 2. The quantitative estimate of drug-likeness (QED) is 0.576. The zero-order chi connectivity index (χ0) is 17.2. The molecule has 0 atom stereocenters. The van der Waals surface area contributed by atoms with E-state index in [9.17, 15) is 4.79 Å². The standard InChI is InChI=1S/C18H16N4O2S/c1-11-4-5-13-14(7-11)22-16(21-13)9-19-17(23)8-12-10-24-18(20-12)15-3-2-6-25-15/h2-7,10H,8-9H2,1H3,(H,19,23)(H,21,22). The number of hydrogen-bond donors (Lipinski definition) is 2. The van der Waals surface area contributed by atoms with Gasteiger partial charge in [0.15, 0.2) is 0 Å². The molecule has 0 radical (unpaired) electrons. The predicted octanol–water partition coefficient (Wildman–Crippen LogP) is 3.45. The number of amides is 1. The van der Waals surface area contributed by atoms with Crippen molar-refractivity contribution in [3.05, 3.63) is 59.1 Å². The number of aromatic nitrogens is 3. The predicted molar refractivity (Wildman–Crippen MR) is 96.2 cm³/mol. The molecule has 0 aliphatic carbocycles. The first-order valence-electron chi connectivity index (χ1n) is 7.87. The fourth-order valence-electron chi connectivity index (χ4n) is 2.57. The summed E-state index contributed by atoms with van der Waals surface area (Å²) in [5.74, 6) is 1.15. The van der Waals surface area contributed by atoms with E-state index in [1.54, 1.807) is 11.3 Å². The van der Waals surface area contributed by atoms with Crippen molar-refractivity contribution < 1.29 is 9.21 Å². The number of thiophene rings is 1. The first-order chi connectivity index (χ1) is 12.2. The van der Waals surface area contributed by atoms with E-state index in [0.29, 0.717) is 18.1 Å². The molecule has 2 N–H and O–H groups in total. The molecule has 0 fully saturated rings. The summed E-state index contributed by atoms with van der Waals surface area (Å²) in [7, 11) is 0. The number of nitrogens with zero attached hydrogens (tertiary/aromatic N) is 2. The number of aryl methyl sites for hydroxylation is 1. The first-order valence-corrected chi connectivity index (χ1v) is 8.75. The molecule has 0 bridgehead atoms. The fraction of sp³-hybridized carbons (Fsp3) is 0.167. The van der Waals surface area contributed by atoms with Crippen molar-refractivity contribution in [2.24, 2.45) is 0 Å². The first kappa shape index (κ1) is 15.6. The number of rotatable bonds is 5. The van der Waals surface area contributed by atoms with Crippen molar-refractivity contribution >= 4 is 28.3 Å². The van der Waals surface area contributed by atoms with Crippen LogP contribution in [0.4, 0.5) is 0 Å². The van der Waals surface area contributed by atoms with Crippen LogP contribution >= 0.6 is 11.3 Å². The zero-order valence-electron chi connectivity index (χ0n) is 13.6. The number of benzene rings is 1. The molecular formula is C18H16N4O2S. The summed E-state index contributed by atoms with van der Waals surface area (Å²) in [6, 6.07) is 9.89. The molecule has 0 aliphatic rings. The van der Waals surface area contributed by atoms with E-state index < -0.39 is 0 Å². The summed E-state index contributed by atoms with van der Waals surface area (Å²) in [5, 5.41) is 4.81. The van der Waals surface area contributed by atoms with Crippen molar-refractivity contribution in [1.82, 2.24) is 20.3 Å². The number of oxazole rings is 1. The van der Waals surface area contributed by atoms with Gasteiger partial charge in [-0.25, -0.2) is 9.97 Å². The van der Waals surface area contributed by atoms with E-state index in [1.165, 1.54) is 11.8 Å². The van der Waals surface area contributed by atoms with Gasteiger partial charge in [-0.3, -0.25) is 4.79 Å². The topological polar surface area (TPSA) is 83.8 Å². The maximum Gasteiger partial charge on any atom is 0.236 e. The smallest absolute Gasteiger partial charge is 0.236 e. The highest BCUT2D eigenvalue weighted by molar-refractivity contribution is 7.13. The summed E-state index contributed by atoms with van der Waals surface area (Å²) >= 11 is 1.55. The van der Waals surface area contributed by atoms with Gasteiger partial charge in [0.05, 0.1) is 34.6 Å². The van der Waals surface area contributed by atoms with E-state index >= 15 is 0 Å². The second kappa shape index (κ2) is 6.52. The van der Waals surface area contributed by atoms with Crippen LogP contribution in [-0.2, 0) is 17.8 Å². The van der Waals surface area contributed by atoms with E-state index in [1.807, 2.05) is 42.6 Å². The van der Waals surface area contributed by atoms with Crippen LogP contribution in [-0.4, -0.2) is 20.9 Å². The van der Waals surface area contributed by atoms with E-state index in [-0.39, 0.29) is 12.3 Å². The third-order valence-corrected chi connectivity index (χ3v) is 4.62. The summed E-state index contributed by atoms with van der Waals surface area (Å²) in [6.45, 7) is 2.38. The minimum Gasteiger partial charge on any atom is -0.444 e. The van der Waals surface area contributed by atoms with Gasteiger partial charge >= 0.3 is 0 Å². The van der Waals surface area contributed by atoms with Crippen LogP contribution in [0.2, 0.25) is 0 Å². The lowest BCUT2D eigenvalue weighted by molar-refractivity contribution is -0.120. The summed E-state index contributed by atoms with van der Waals surface area (Å²) < 4.78 is 5.42. The number of hydrogen-bond acceptors (Lipinski definition) is 5. The molecule has 3 heterocycles. The Bertz CT molecular complexity index is 1020. The SMILES string of the molecule is Cc1ccc2nc(CNC(=O)Cc3coc(-c4cccs4)n3)[nH]c2c1. The molecule has 1 amide bonds. The summed E-state index contributed by atoms with van der Waals surface area (Å²) in [6.07, 6.45) is 1.70. The average Bonchev–Trinajstić information content (AvgIpc) is 3.32. The van der Waals surface area contributed by atoms with Crippen LogP contribution in [0.5, 0.6) is 0 Å². The van der Waals surface area contributed by atoms with E-state index in [0.717, 1.165) is 21.7 Å². The Morgan fingerprint density at radius 2 is 2.24 bits per heavy atom. The Morgan fingerprint density at radius 3 is 3.08 bits per heavy atom. The number of H-pyrrole nitrogens is 1. The highest BCUT2D eigenvalue weighted by Gasteiger charge is 2.11. The largest absolute Gasteiger partial charge is 0.444 e. The molecule has 126 valence electrons. The molecule has 7 heteroatoms. The third-order valence-electron chi connectivity index (χ3n) is 3.76. The van der Waals surface area contributed by atoms with Gasteiger partial charge < -0.3 is 14.7 Å². The molecule has 4 rings (SSSR count). The zero-order valence-corrected chi connectivity index (χ0v) is 14.4. The number of imidazole rings is 1. The fourth-order valence-corrected chi connectivity index (χ4v) is 3.23. The van der Waals surface area contributed by atoms with Crippen molar-refractivity contribution in [2.45, 2.75) is 19.9 Å². The number of carbonyl (C=O) groups is 1. The van der Waals surface area contributed by atoms with Crippen LogP contribution in [0, 0.1) is 6.92 Å². The van der Waals surface area contributed by atoms with Crippen molar-refractivity contribution in [1.29, 1.82) is 0 Å².